The Kier molecular flexibility index (Phi) is 4.25. The second-order valence-corrected chi connectivity index (χ2v) is 5.49. The number of para-hydroxylation sites is 1. The standard InChI is InChI=1S/C15H18ClNO2/c1-3-6-11-9-10(2)14(18)17(15(11)19)13-8-5-4-7-12(13)16/h4-5,7-8,10-11H,3,6,9H2,1-2H3/t10-,11-/m0/s1. The largest absolute Gasteiger partial charge is 0.274 e. The summed E-state index contributed by atoms with van der Waals surface area (Å²) in [5.74, 6) is -0.469. The van der Waals surface area contributed by atoms with Crippen LogP contribution in [0, 0.1) is 11.8 Å². The van der Waals surface area contributed by atoms with Crippen LogP contribution in [0.4, 0.5) is 5.69 Å². The molecule has 0 bridgehead atoms. The SMILES string of the molecule is CCC[C@H]1C[C@H](C)C(=O)N(c2ccccc2Cl)C1=O. The molecule has 1 aliphatic rings. The van der Waals surface area contributed by atoms with Gasteiger partial charge >= 0.3 is 0 Å². The number of halogens is 1. The number of anilines is 1. The third-order valence-electron chi connectivity index (χ3n) is 3.58. The molecule has 0 saturated carbocycles. The lowest BCUT2D eigenvalue weighted by molar-refractivity contribution is -0.135. The smallest absolute Gasteiger partial charge is 0.236 e. The zero-order valence-corrected chi connectivity index (χ0v) is 12.0. The van der Waals surface area contributed by atoms with Crippen LogP contribution in [0.15, 0.2) is 24.3 Å². The van der Waals surface area contributed by atoms with Crippen molar-refractivity contribution in [1.29, 1.82) is 0 Å². The van der Waals surface area contributed by atoms with Crippen molar-refractivity contribution in [2.75, 3.05) is 4.90 Å². The minimum Gasteiger partial charge on any atom is -0.274 e. The van der Waals surface area contributed by atoms with Crippen LogP contribution in [0.3, 0.4) is 0 Å². The average molecular weight is 280 g/mol. The molecule has 1 aromatic rings. The number of hydrogen-bond acceptors (Lipinski definition) is 2. The van der Waals surface area contributed by atoms with Gasteiger partial charge in [0.05, 0.1) is 10.7 Å². The number of benzene rings is 1. The van der Waals surface area contributed by atoms with Gasteiger partial charge in [-0.25, -0.2) is 4.90 Å². The second-order valence-electron chi connectivity index (χ2n) is 5.09. The first kappa shape index (κ1) is 14.1. The number of hydrogen-bond donors (Lipinski definition) is 0. The second kappa shape index (κ2) is 5.74. The average Bonchev–Trinajstić information content (AvgIpc) is 2.38. The minimum absolute atomic E-state index is 0.0750. The first-order chi connectivity index (χ1) is 9.06. The van der Waals surface area contributed by atoms with Gasteiger partial charge in [0.15, 0.2) is 0 Å². The zero-order chi connectivity index (χ0) is 14.0. The molecule has 1 fully saturated rings. The lowest BCUT2D eigenvalue weighted by atomic mass is 9.86. The van der Waals surface area contributed by atoms with E-state index in [1.807, 2.05) is 13.8 Å². The molecule has 0 radical (unpaired) electrons. The van der Waals surface area contributed by atoms with E-state index in [0.717, 1.165) is 12.8 Å². The number of piperidine rings is 1. The van der Waals surface area contributed by atoms with Gasteiger partial charge in [-0.05, 0) is 25.0 Å². The zero-order valence-electron chi connectivity index (χ0n) is 11.2. The van der Waals surface area contributed by atoms with Crippen molar-refractivity contribution < 1.29 is 9.59 Å². The summed E-state index contributed by atoms with van der Waals surface area (Å²) in [6, 6.07) is 7.00. The van der Waals surface area contributed by atoms with Crippen molar-refractivity contribution in [2.24, 2.45) is 11.8 Å². The fourth-order valence-corrected chi connectivity index (χ4v) is 2.82. The Balaban J connectivity index is 2.38. The number of rotatable bonds is 3. The van der Waals surface area contributed by atoms with Crippen molar-refractivity contribution in [3.8, 4) is 0 Å². The molecule has 2 atom stereocenters. The molecule has 0 aromatic heterocycles. The van der Waals surface area contributed by atoms with Gasteiger partial charge in [-0.1, -0.05) is 44.0 Å². The van der Waals surface area contributed by atoms with E-state index >= 15 is 0 Å². The highest BCUT2D eigenvalue weighted by Crippen LogP contribution is 2.34. The molecule has 19 heavy (non-hydrogen) atoms. The van der Waals surface area contributed by atoms with Gasteiger partial charge in [-0.3, -0.25) is 9.59 Å². The maximum absolute atomic E-state index is 12.5. The Hall–Kier alpha value is -1.35. The Labute approximate surface area is 118 Å². The molecule has 2 amide bonds. The maximum atomic E-state index is 12.5. The predicted octanol–water partition coefficient (Wildman–Crippen LogP) is 3.66. The molecule has 4 heteroatoms. The third-order valence-corrected chi connectivity index (χ3v) is 3.90. The quantitative estimate of drug-likeness (QED) is 0.792. The van der Waals surface area contributed by atoms with E-state index in [1.54, 1.807) is 24.3 Å². The molecule has 102 valence electrons. The number of amides is 2. The summed E-state index contributed by atoms with van der Waals surface area (Å²) in [5, 5.41) is 0.438. The van der Waals surface area contributed by atoms with Gasteiger partial charge in [0.25, 0.3) is 0 Å². The third kappa shape index (κ3) is 2.66. The van der Waals surface area contributed by atoms with Crippen LogP contribution < -0.4 is 4.90 Å². The summed E-state index contributed by atoms with van der Waals surface area (Å²) in [5.41, 5.74) is 0.506. The van der Waals surface area contributed by atoms with Gasteiger partial charge < -0.3 is 0 Å². The lowest BCUT2D eigenvalue weighted by Gasteiger charge is -2.34. The van der Waals surface area contributed by atoms with Crippen LogP contribution in [0.2, 0.25) is 5.02 Å². The molecular formula is C15H18ClNO2. The monoisotopic (exact) mass is 279 g/mol. The Morgan fingerprint density at radius 1 is 1.26 bits per heavy atom. The fraction of sp³-hybridized carbons (Fsp3) is 0.467. The van der Waals surface area contributed by atoms with E-state index in [1.165, 1.54) is 4.90 Å². The van der Waals surface area contributed by atoms with Crippen molar-refractivity contribution in [1.82, 2.24) is 0 Å². The first-order valence-corrected chi connectivity index (χ1v) is 7.06. The molecule has 0 N–H and O–H groups in total. The van der Waals surface area contributed by atoms with E-state index in [4.69, 9.17) is 11.6 Å². The molecule has 0 aliphatic carbocycles. The van der Waals surface area contributed by atoms with Crippen molar-refractivity contribution in [3.63, 3.8) is 0 Å². The Morgan fingerprint density at radius 2 is 1.95 bits per heavy atom. The first-order valence-electron chi connectivity index (χ1n) is 6.68. The number of imide groups is 1. The van der Waals surface area contributed by atoms with Gasteiger partial charge in [-0.2, -0.15) is 0 Å². The highest BCUT2D eigenvalue weighted by atomic mass is 35.5. The van der Waals surface area contributed by atoms with Crippen LogP contribution in [0.25, 0.3) is 0 Å². The van der Waals surface area contributed by atoms with E-state index in [0.29, 0.717) is 17.1 Å². The summed E-state index contributed by atoms with van der Waals surface area (Å²) >= 11 is 6.11. The van der Waals surface area contributed by atoms with Crippen LogP contribution in [0.5, 0.6) is 0 Å². The van der Waals surface area contributed by atoms with Crippen molar-refractivity contribution >= 4 is 29.1 Å². The minimum atomic E-state index is -0.148. The van der Waals surface area contributed by atoms with Gasteiger partial charge in [0.2, 0.25) is 11.8 Å². The summed E-state index contributed by atoms with van der Waals surface area (Å²) in [6.07, 6.45) is 2.40. The number of carbonyl (C=O) groups excluding carboxylic acids is 2. The molecule has 2 rings (SSSR count). The van der Waals surface area contributed by atoms with Crippen molar-refractivity contribution in [3.05, 3.63) is 29.3 Å². The summed E-state index contributed by atoms with van der Waals surface area (Å²) < 4.78 is 0. The van der Waals surface area contributed by atoms with E-state index in [9.17, 15) is 9.59 Å². The summed E-state index contributed by atoms with van der Waals surface area (Å²) in [6.45, 7) is 3.93. The highest BCUT2D eigenvalue weighted by Gasteiger charge is 2.39. The Morgan fingerprint density at radius 3 is 2.58 bits per heavy atom. The maximum Gasteiger partial charge on any atom is 0.236 e. The number of carbonyl (C=O) groups is 2. The molecular weight excluding hydrogens is 262 g/mol. The molecule has 1 heterocycles. The number of nitrogens with zero attached hydrogens (tertiary/aromatic N) is 1. The van der Waals surface area contributed by atoms with Crippen molar-refractivity contribution in [2.45, 2.75) is 33.1 Å². The van der Waals surface area contributed by atoms with Gasteiger partial charge in [-0.15, -0.1) is 0 Å². The van der Waals surface area contributed by atoms with Crippen LogP contribution in [-0.4, -0.2) is 11.8 Å². The van der Waals surface area contributed by atoms with Gasteiger partial charge in [0, 0.05) is 11.8 Å². The lowest BCUT2D eigenvalue weighted by Crippen LogP contribution is -2.49. The van der Waals surface area contributed by atoms with Gasteiger partial charge in [0.1, 0.15) is 0 Å². The molecule has 0 unspecified atom stereocenters. The normalized spacial score (nSPS) is 23.8. The molecule has 1 saturated heterocycles. The molecule has 1 aliphatic heterocycles. The topological polar surface area (TPSA) is 37.4 Å². The highest BCUT2D eigenvalue weighted by molar-refractivity contribution is 6.35. The Bertz CT molecular complexity index is 501. The van der Waals surface area contributed by atoms with E-state index in [-0.39, 0.29) is 23.7 Å². The van der Waals surface area contributed by atoms with Crippen LogP contribution >= 0.6 is 11.6 Å². The summed E-state index contributed by atoms with van der Waals surface area (Å²) in [4.78, 5) is 26.0. The molecule has 1 aromatic carbocycles. The van der Waals surface area contributed by atoms with Crippen LogP contribution in [-0.2, 0) is 9.59 Å². The predicted molar refractivity (Wildman–Crippen MR) is 76.1 cm³/mol. The van der Waals surface area contributed by atoms with E-state index < -0.39 is 0 Å². The molecule has 3 nitrogen and oxygen atoms in total. The van der Waals surface area contributed by atoms with E-state index in [2.05, 4.69) is 0 Å². The summed E-state index contributed by atoms with van der Waals surface area (Å²) in [7, 11) is 0. The molecule has 0 spiro atoms. The van der Waals surface area contributed by atoms with Crippen LogP contribution in [0.1, 0.15) is 33.1 Å². The fourth-order valence-electron chi connectivity index (χ4n) is 2.60.